The summed E-state index contributed by atoms with van der Waals surface area (Å²) in [4.78, 5) is 0. The lowest BCUT2D eigenvalue weighted by Gasteiger charge is -1.65. The first-order valence-electron chi connectivity index (χ1n) is 3.66. The third-order valence-corrected chi connectivity index (χ3v) is 0. The predicted octanol–water partition coefficient (Wildman–Crippen LogP) is -3.77. The fourth-order valence-corrected chi connectivity index (χ4v) is 0. The van der Waals surface area contributed by atoms with Crippen molar-refractivity contribution in [2.45, 2.75) is 6.92 Å². The molecular weight excluding hydrogens is 285 g/mol. The zero-order valence-corrected chi connectivity index (χ0v) is 9.35. The van der Waals surface area contributed by atoms with E-state index < -0.39 is 29.6 Å². The van der Waals surface area contributed by atoms with E-state index in [0.29, 0.717) is 0 Å². The molecular formula is C2H11B4F4NO8. The van der Waals surface area contributed by atoms with E-state index >= 15 is 0 Å². The molecule has 19 heavy (non-hydrogen) atoms. The van der Waals surface area contributed by atoms with Crippen molar-refractivity contribution >= 4 is 29.6 Å². The summed E-state index contributed by atoms with van der Waals surface area (Å²) in [5.41, 5.74) is 0. The second kappa shape index (κ2) is 30.3. The van der Waals surface area contributed by atoms with Crippen molar-refractivity contribution in [1.82, 2.24) is 0 Å². The van der Waals surface area contributed by atoms with E-state index in [1.54, 1.807) is 6.07 Å². The third-order valence-electron chi connectivity index (χ3n) is 0. The summed E-state index contributed by atoms with van der Waals surface area (Å²) in [5, 5.41) is 62.9. The molecule has 0 aromatic rings. The minimum atomic E-state index is -2.67. The van der Waals surface area contributed by atoms with Gasteiger partial charge < -0.3 is 40.2 Å². The maximum atomic E-state index is 10.1. The molecule has 0 atom stereocenters. The summed E-state index contributed by atoms with van der Waals surface area (Å²) in [6.45, 7) is 1.43. The van der Waals surface area contributed by atoms with Crippen LogP contribution in [-0.4, -0.2) is 69.8 Å². The van der Waals surface area contributed by atoms with Gasteiger partial charge in [0.05, 0.1) is 6.07 Å². The number of nitriles is 1. The topological polar surface area (TPSA) is 186 Å². The quantitative estimate of drug-likeness (QED) is 0.164. The van der Waals surface area contributed by atoms with Crippen LogP contribution in [0.5, 0.6) is 0 Å². The minimum Gasteiger partial charge on any atom is -0.398 e. The summed E-state index contributed by atoms with van der Waals surface area (Å²) in [7, 11) is -10.7. The molecule has 0 aliphatic heterocycles. The fraction of sp³-hybridized carbons (Fsp3) is 0.500. The Bertz CT molecular complexity index is 136. The molecule has 0 aliphatic rings. The number of hydrogen-bond acceptors (Lipinski definition) is 9. The smallest absolute Gasteiger partial charge is 0.398 e. The van der Waals surface area contributed by atoms with Crippen molar-refractivity contribution in [3.05, 3.63) is 0 Å². The van der Waals surface area contributed by atoms with Gasteiger partial charge in [-0.25, -0.2) is 0 Å². The Morgan fingerprint density at radius 2 is 0.632 bits per heavy atom. The first kappa shape index (κ1) is 30.9. The highest BCUT2D eigenvalue weighted by Crippen LogP contribution is 1.58. The normalized spacial score (nSPS) is 6.11. The van der Waals surface area contributed by atoms with Crippen LogP contribution in [-0.2, 0) is 0 Å². The lowest BCUT2D eigenvalue weighted by Crippen LogP contribution is -1.98. The van der Waals surface area contributed by atoms with E-state index in [4.69, 9.17) is 45.5 Å². The first-order chi connectivity index (χ1) is 8.34. The van der Waals surface area contributed by atoms with Crippen LogP contribution in [0, 0.1) is 11.3 Å². The Kier molecular flexibility index (Phi) is 49.2. The zero-order chi connectivity index (χ0) is 17.0. The van der Waals surface area contributed by atoms with Crippen molar-refractivity contribution in [3.63, 3.8) is 0 Å². The molecule has 17 heteroatoms. The van der Waals surface area contributed by atoms with Crippen molar-refractivity contribution in [3.8, 4) is 6.07 Å². The molecule has 0 saturated carbocycles. The summed E-state index contributed by atoms with van der Waals surface area (Å²) in [6, 6.07) is 1.75. The highest BCUT2D eigenvalue weighted by molar-refractivity contribution is 6.32. The Balaban J connectivity index is -0.0000000432. The number of nitrogens with zero attached hydrogens (tertiary/aromatic N) is 1. The Morgan fingerprint density at radius 1 is 0.632 bits per heavy atom. The largest absolute Gasteiger partial charge is 0.674 e. The molecule has 0 radical (unpaired) electrons. The summed E-state index contributed by atoms with van der Waals surface area (Å²) in [6.07, 6.45) is 0. The van der Waals surface area contributed by atoms with Crippen LogP contribution in [0.4, 0.5) is 17.3 Å². The maximum Gasteiger partial charge on any atom is 0.674 e. The third kappa shape index (κ3) is 5440. The zero-order valence-electron chi connectivity index (χ0n) is 9.35. The summed E-state index contributed by atoms with van der Waals surface area (Å²) < 4.78 is 40.4. The van der Waals surface area contributed by atoms with Crippen LogP contribution in [0.1, 0.15) is 6.92 Å². The molecule has 0 bridgehead atoms. The minimum absolute atomic E-state index is 1.43. The van der Waals surface area contributed by atoms with Gasteiger partial charge >= 0.3 is 29.6 Å². The molecule has 0 aliphatic carbocycles. The van der Waals surface area contributed by atoms with Crippen LogP contribution in [0.15, 0.2) is 0 Å². The van der Waals surface area contributed by atoms with Gasteiger partial charge in [0.25, 0.3) is 0 Å². The van der Waals surface area contributed by atoms with Crippen LogP contribution in [0.2, 0.25) is 0 Å². The molecule has 0 aromatic carbocycles. The van der Waals surface area contributed by atoms with Gasteiger partial charge in [-0.2, -0.15) is 5.26 Å². The van der Waals surface area contributed by atoms with Crippen LogP contribution >= 0.6 is 0 Å². The monoisotopic (exact) mass is 297 g/mol. The molecule has 9 nitrogen and oxygen atoms in total. The number of hydrogen-bond donors (Lipinski definition) is 8. The predicted molar refractivity (Wildman–Crippen MR) is 56.5 cm³/mol. The van der Waals surface area contributed by atoms with Crippen molar-refractivity contribution in [1.29, 1.82) is 5.26 Å². The molecule has 0 aromatic heterocycles. The maximum absolute atomic E-state index is 10.1. The van der Waals surface area contributed by atoms with Crippen molar-refractivity contribution in [2.75, 3.05) is 0 Å². The van der Waals surface area contributed by atoms with Crippen LogP contribution in [0.25, 0.3) is 0 Å². The molecule has 0 fully saturated rings. The van der Waals surface area contributed by atoms with E-state index in [2.05, 4.69) is 0 Å². The van der Waals surface area contributed by atoms with Gasteiger partial charge in [-0.05, 0) is 0 Å². The highest BCUT2D eigenvalue weighted by atomic mass is 19.1. The second-order valence-electron chi connectivity index (χ2n) is 1.47. The van der Waals surface area contributed by atoms with Crippen molar-refractivity contribution < 1.29 is 57.5 Å². The van der Waals surface area contributed by atoms with E-state index in [1.165, 1.54) is 6.92 Å². The fourth-order valence-electron chi connectivity index (χ4n) is 0. The van der Waals surface area contributed by atoms with Gasteiger partial charge in [-0.3, -0.25) is 17.3 Å². The Labute approximate surface area is 106 Å². The molecule has 0 rings (SSSR count). The van der Waals surface area contributed by atoms with Crippen LogP contribution in [0.3, 0.4) is 0 Å². The van der Waals surface area contributed by atoms with E-state index in [0.717, 1.165) is 0 Å². The van der Waals surface area contributed by atoms with Gasteiger partial charge in [0.15, 0.2) is 0 Å². The van der Waals surface area contributed by atoms with Crippen molar-refractivity contribution in [2.24, 2.45) is 0 Å². The van der Waals surface area contributed by atoms with Gasteiger partial charge in [0, 0.05) is 6.92 Å². The summed E-state index contributed by atoms with van der Waals surface area (Å²) in [5.74, 6) is 0. The van der Waals surface area contributed by atoms with Gasteiger partial charge in [0.1, 0.15) is 0 Å². The lowest BCUT2D eigenvalue weighted by atomic mass is 10.3. The SMILES string of the molecule is CC#N.OB(O)F.OB(O)F.OB(O)F.OB(O)F. The number of halogens is 4. The standard InChI is InChI=1S/C2H3N.4BFH2O2/c1-2-3;4*2-1(3)4/h1H3;4*3-4H. The van der Waals surface area contributed by atoms with E-state index in [1.807, 2.05) is 0 Å². The first-order valence-corrected chi connectivity index (χ1v) is 3.66. The molecule has 112 valence electrons. The molecule has 0 unspecified atom stereocenters. The Hall–Kier alpha value is -0.850. The van der Waals surface area contributed by atoms with Gasteiger partial charge in [0.2, 0.25) is 0 Å². The van der Waals surface area contributed by atoms with Crippen LogP contribution < -0.4 is 0 Å². The average molecular weight is 296 g/mol. The lowest BCUT2D eigenvalue weighted by molar-refractivity contribution is 0.338. The Morgan fingerprint density at radius 3 is 0.632 bits per heavy atom. The van der Waals surface area contributed by atoms with E-state index in [-0.39, 0.29) is 0 Å². The summed E-state index contributed by atoms with van der Waals surface area (Å²) >= 11 is 0. The molecule has 0 spiro atoms. The van der Waals surface area contributed by atoms with E-state index in [9.17, 15) is 17.3 Å². The number of rotatable bonds is 0. The van der Waals surface area contributed by atoms with Gasteiger partial charge in [-0.15, -0.1) is 0 Å². The molecule has 0 amide bonds. The average Bonchev–Trinajstić information content (AvgIpc) is 1.97. The molecule has 0 saturated heterocycles. The van der Waals surface area contributed by atoms with Gasteiger partial charge in [-0.1, -0.05) is 0 Å². The molecule has 0 heterocycles. The highest BCUT2D eigenvalue weighted by Gasteiger charge is 1.98. The molecule has 8 N–H and O–H groups in total. The second-order valence-corrected chi connectivity index (χ2v) is 1.47.